The number of hydrogen-bond acceptors (Lipinski definition) is 3. The van der Waals surface area contributed by atoms with Crippen LogP contribution in [0, 0.1) is 11.8 Å². The summed E-state index contributed by atoms with van der Waals surface area (Å²) in [5.41, 5.74) is -1.63. The van der Waals surface area contributed by atoms with Crippen LogP contribution in [0.15, 0.2) is 12.2 Å². The summed E-state index contributed by atoms with van der Waals surface area (Å²) in [4.78, 5) is 22.0. The fourth-order valence-electron chi connectivity index (χ4n) is 2.90. The van der Waals surface area contributed by atoms with Crippen molar-refractivity contribution in [2.45, 2.75) is 51.3 Å². The lowest BCUT2D eigenvalue weighted by Gasteiger charge is -2.46. The van der Waals surface area contributed by atoms with Crippen LogP contribution >= 0.6 is 0 Å². The van der Waals surface area contributed by atoms with Crippen molar-refractivity contribution >= 4 is 11.9 Å². The molecule has 120 valence electrons. The highest BCUT2D eigenvalue weighted by molar-refractivity contribution is 5.90. The van der Waals surface area contributed by atoms with E-state index in [9.17, 15) is 22.8 Å². The number of carbonyl (C=O) groups excluding carboxylic acids is 1. The van der Waals surface area contributed by atoms with Gasteiger partial charge in [0.15, 0.2) is 0 Å². The Morgan fingerprint density at radius 2 is 1.90 bits per heavy atom. The van der Waals surface area contributed by atoms with Crippen molar-refractivity contribution in [3.8, 4) is 0 Å². The predicted molar refractivity (Wildman–Crippen MR) is 68.4 cm³/mol. The van der Waals surface area contributed by atoms with Gasteiger partial charge >= 0.3 is 18.1 Å². The zero-order valence-electron chi connectivity index (χ0n) is 11.9. The molecule has 1 rings (SSSR count). The number of hydrogen-bond donors (Lipinski definition) is 1. The van der Waals surface area contributed by atoms with Crippen molar-refractivity contribution in [3.63, 3.8) is 0 Å². The summed E-state index contributed by atoms with van der Waals surface area (Å²) in [5, 5.41) is 8.45. The molecule has 2 unspecified atom stereocenters. The Balaban J connectivity index is 3.05. The molecule has 0 heterocycles. The predicted octanol–water partition coefficient (Wildman–Crippen LogP) is 3.32. The molecule has 0 aromatic heterocycles. The Morgan fingerprint density at radius 3 is 2.38 bits per heavy atom. The minimum Gasteiger partial charge on any atom is -0.478 e. The van der Waals surface area contributed by atoms with Crippen LogP contribution in [0.3, 0.4) is 0 Å². The van der Waals surface area contributed by atoms with E-state index in [1.165, 1.54) is 0 Å². The molecule has 1 aliphatic rings. The van der Waals surface area contributed by atoms with Gasteiger partial charge in [-0.05, 0) is 25.2 Å². The number of alkyl halides is 3. The summed E-state index contributed by atoms with van der Waals surface area (Å²) in [6.07, 6.45) is -2.24. The molecular formula is C14H19F3O4. The summed E-state index contributed by atoms with van der Waals surface area (Å²) in [6, 6.07) is 0. The Kier molecular flexibility index (Phi) is 5.42. The molecule has 21 heavy (non-hydrogen) atoms. The van der Waals surface area contributed by atoms with Gasteiger partial charge in [-0.25, -0.2) is 9.59 Å². The molecule has 1 N–H and O–H groups in total. The zero-order chi connectivity index (χ0) is 16.3. The van der Waals surface area contributed by atoms with E-state index in [0.717, 1.165) is 0 Å². The largest absolute Gasteiger partial charge is 0.478 e. The van der Waals surface area contributed by atoms with Crippen molar-refractivity contribution in [1.29, 1.82) is 0 Å². The number of halogens is 3. The summed E-state index contributed by atoms with van der Waals surface area (Å²) in [5.74, 6) is -4.66. The van der Waals surface area contributed by atoms with Crippen LogP contribution in [0.5, 0.6) is 0 Å². The molecule has 0 spiro atoms. The molecule has 0 aromatic rings. The minimum atomic E-state index is -4.46. The van der Waals surface area contributed by atoms with Gasteiger partial charge in [0.25, 0.3) is 0 Å². The first kappa shape index (κ1) is 17.5. The number of rotatable bonds is 4. The fourth-order valence-corrected chi connectivity index (χ4v) is 2.90. The van der Waals surface area contributed by atoms with Gasteiger partial charge in [0.05, 0.1) is 5.92 Å². The molecule has 0 saturated heterocycles. The van der Waals surface area contributed by atoms with E-state index in [0.29, 0.717) is 25.0 Å². The Morgan fingerprint density at radius 1 is 1.29 bits per heavy atom. The molecule has 2 atom stereocenters. The third-order valence-corrected chi connectivity index (χ3v) is 3.93. The normalized spacial score (nSPS) is 27.0. The van der Waals surface area contributed by atoms with Crippen LogP contribution in [-0.4, -0.2) is 28.8 Å². The Hall–Kier alpha value is -1.53. The van der Waals surface area contributed by atoms with Crippen LogP contribution in [0.4, 0.5) is 13.2 Å². The monoisotopic (exact) mass is 308 g/mol. The van der Waals surface area contributed by atoms with E-state index in [1.807, 2.05) is 0 Å². The molecule has 1 fully saturated rings. The standard InChI is InChI=1S/C14H19F3O4/c1-9(2)13(21-12(20)7-6-11(18)19)8-4-3-5-10(13)14(15,16)17/h6-7,9-10H,3-5,8H2,1-2H3,(H,18,19)/b7-6-. The van der Waals surface area contributed by atoms with Crippen LogP contribution in [0.2, 0.25) is 0 Å². The van der Waals surface area contributed by atoms with Crippen molar-refractivity contribution in [3.05, 3.63) is 12.2 Å². The molecular weight excluding hydrogens is 289 g/mol. The SMILES string of the molecule is CC(C)C1(OC(=O)/C=C\C(=O)O)CCCCC1C(F)(F)F. The Labute approximate surface area is 121 Å². The van der Waals surface area contributed by atoms with Gasteiger partial charge in [-0.15, -0.1) is 0 Å². The second kappa shape index (κ2) is 6.49. The highest BCUT2D eigenvalue weighted by Crippen LogP contribution is 2.49. The van der Waals surface area contributed by atoms with Crippen LogP contribution < -0.4 is 0 Å². The highest BCUT2D eigenvalue weighted by atomic mass is 19.4. The van der Waals surface area contributed by atoms with E-state index in [2.05, 4.69) is 0 Å². The second-order valence-corrected chi connectivity index (χ2v) is 5.54. The summed E-state index contributed by atoms with van der Waals surface area (Å²) in [7, 11) is 0. The average Bonchev–Trinajstić information content (AvgIpc) is 2.35. The first-order valence-electron chi connectivity index (χ1n) is 6.80. The molecule has 4 nitrogen and oxygen atoms in total. The van der Waals surface area contributed by atoms with Gasteiger partial charge in [0, 0.05) is 12.2 Å². The van der Waals surface area contributed by atoms with Crippen LogP contribution in [-0.2, 0) is 14.3 Å². The number of ether oxygens (including phenoxy) is 1. The van der Waals surface area contributed by atoms with E-state index in [4.69, 9.17) is 9.84 Å². The molecule has 0 bridgehead atoms. The number of carboxylic acid groups (broad SMARTS) is 1. The van der Waals surface area contributed by atoms with Gasteiger partial charge < -0.3 is 9.84 Å². The quantitative estimate of drug-likeness (QED) is 0.639. The smallest absolute Gasteiger partial charge is 0.395 e. The molecule has 1 aliphatic carbocycles. The summed E-state index contributed by atoms with van der Waals surface area (Å²) in [6.45, 7) is 3.16. The molecule has 1 saturated carbocycles. The number of aliphatic carboxylic acids is 1. The summed E-state index contributed by atoms with van der Waals surface area (Å²) < 4.78 is 44.9. The maximum absolute atomic E-state index is 13.3. The van der Waals surface area contributed by atoms with E-state index < -0.39 is 35.6 Å². The van der Waals surface area contributed by atoms with Crippen molar-refractivity contribution in [2.24, 2.45) is 11.8 Å². The fraction of sp³-hybridized carbons (Fsp3) is 0.714. The van der Waals surface area contributed by atoms with Gasteiger partial charge in [-0.3, -0.25) is 0 Å². The highest BCUT2D eigenvalue weighted by Gasteiger charge is 2.58. The summed E-state index contributed by atoms with van der Waals surface area (Å²) >= 11 is 0. The van der Waals surface area contributed by atoms with Gasteiger partial charge in [0.1, 0.15) is 5.60 Å². The van der Waals surface area contributed by atoms with Crippen molar-refractivity contribution in [1.82, 2.24) is 0 Å². The zero-order valence-corrected chi connectivity index (χ0v) is 11.9. The van der Waals surface area contributed by atoms with Crippen molar-refractivity contribution in [2.75, 3.05) is 0 Å². The topological polar surface area (TPSA) is 63.6 Å². The number of carbonyl (C=O) groups is 2. The third kappa shape index (κ3) is 4.22. The lowest BCUT2D eigenvalue weighted by Crippen LogP contribution is -2.54. The molecule has 0 aromatic carbocycles. The van der Waals surface area contributed by atoms with Crippen molar-refractivity contribution < 1.29 is 32.6 Å². The minimum absolute atomic E-state index is 0.0857. The first-order chi connectivity index (χ1) is 9.59. The Bertz CT molecular complexity index is 428. The van der Waals surface area contributed by atoms with Crippen LogP contribution in [0.1, 0.15) is 39.5 Å². The van der Waals surface area contributed by atoms with Crippen LogP contribution in [0.25, 0.3) is 0 Å². The number of carboxylic acids is 1. The third-order valence-electron chi connectivity index (χ3n) is 3.93. The maximum atomic E-state index is 13.3. The molecule has 7 heteroatoms. The maximum Gasteiger partial charge on any atom is 0.395 e. The van der Waals surface area contributed by atoms with E-state index in [-0.39, 0.29) is 12.8 Å². The lowest BCUT2D eigenvalue weighted by molar-refractivity contribution is -0.254. The van der Waals surface area contributed by atoms with E-state index in [1.54, 1.807) is 13.8 Å². The number of esters is 1. The first-order valence-corrected chi connectivity index (χ1v) is 6.80. The van der Waals surface area contributed by atoms with Gasteiger partial charge in [0.2, 0.25) is 0 Å². The molecule has 0 radical (unpaired) electrons. The average molecular weight is 308 g/mol. The lowest BCUT2D eigenvalue weighted by atomic mass is 9.69. The molecule has 0 amide bonds. The second-order valence-electron chi connectivity index (χ2n) is 5.54. The van der Waals surface area contributed by atoms with Gasteiger partial charge in [-0.2, -0.15) is 13.2 Å². The molecule has 0 aliphatic heterocycles. The van der Waals surface area contributed by atoms with Gasteiger partial charge in [-0.1, -0.05) is 20.3 Å². The van der Waals surface area contributed by atoms with E-state index >= 15 is 0 Å².